The number of rotatable bonds is 5. The molecule has 1 fully saturated rings. The minimum absolute atomic E-state index is 0.0172. The minimum Gasteiger partial charge on any atom is -0.386 e. The Labute approximate surface area is 130 Å². The van der Waals surface area contributed by atoms with Gasteiger partial charge in [-0.15, -0.1) is 0 Å². The van der Waals surface area contributed by atoms with Crippen LogP contribution in [0.2, 0.25) is 0 Å². The van der Waals surface area contributed by atoms with Crippen LogP contribution >= 0.6 is 15.9 Å². The second-order valence-corrected chi connectivity index (χ2v) is 7.38. The molecule has 5 heteroatoms. The van der Waals surface area contributed by atoms with E-state index in [4.69, 9.17) is 0 Å². The SMILES string of the molecule is CN(C)CCn1ncc(Br)c1C(O)C1(C)CCCCC1. The van der Waals surface area contributed by atoms with Gasteiger partial charge in [0.15, 0.2) is 0 Å². The average molecular weight is 344 g/mol. The molecule has 1 heterocycles. The van der Waals surface area contributed by atoms with Crippen LogP contribution < -0.4 is 0 Å². The third kappa shape index (κ3) is 3.43. The van der Waals surface area contributed by atoms with E-state index in [2.05, 4.69) is 46.9 Å². The lowest BCUT2D eigenvalue weighted by atomic mass is 9.71. The van der Waals surface area contributed by atoms with Crippen molar-refractivity contribution in [3.05, 3.63) is 16.4 Å². The van der Waals surface area contributed by atoms with Crippen LogP contribution in [0.25, 0.3) is 0 Å². The summed E-state index contributed by atoms with van der Waals surface area (Å²) < 4.78 is 2.88. The summed E-state index contributed by atoms with van der Waals surface area (Å²) in [4.78, 5) is 2.13. The van der Waals surface area contributed by atoms with Gasteiger partial charge in [0.2, 0.25) is 0 Å². The molecule has 1 aliphatic rings. The fraction of sp³-hybridized carbons (Fsp3) is 0.800. The van der Waals surface area contributed by atoms with Crippen molar-refractivity contribution in [2.24, 2.45) is 5.41 Å². The van der Waals surface area contributed by atoms with E-state index in [0.717, 1.165) is 36.1 Å². The first-order valence-electron chi connectivity index (χ1n) is 7.48. The molecule has 1 aromatic heterocycles. The number of aromatic nitrogens is 2. The predicted molar refractivity (Wildman–Crippen MR) is 84.6 cm³/mol. The standard InChI is InChI=1S/C15H26BrN3O/c1-15(7-5-4-6-8-15)14(20)13-12(16)11-17-19(13)10-9-18(2)3/h11,14,20H,4-10H2,1-3H3. The van der Waals surface area contributed by atoms with Crippen LogP contribution in [-0.2, 0) is 6.54 Å². The zero-order valence-corrected chi connectivity index (χ0v) is 14.4. The van der Waals surface area contributed by atoms with E-state index < -0.39 is 6.10 Å². The van der Waals surface area contributed by atoms with E-state index in [1.54, 1.807) is 6.20 Å². The van der Waals surface area contributed by atoms with E-state index in [-0.39, 0.29) is 5.41 Å². The van der Waals surface area contributed by atoms with Gasteiger partial charge in [0, 0.05) is 6.54 Å². The molecule has 4 nitrogen and oxygen atoms in total. The molecule has 114 valence electrons. The van der Waals surface area contributed by atoms with E-state index in [9.17, 15) is 5.11 Å². The Balaban J connectivity index is 2.19. The Kier molecular flexibility index (Phi) is 5.26. The van der Waals surface area contributed by atoms with Crippen molar-refractivity contribution >= 4 is 15.9 Å². The number of hydrogen-bond donors (Lipinski definition) is 1. The smallest absolute Gasteiger partial charge is 0.102 e. The molecule has 1 atom stereocenters. The van der Waals surface area contributed by atoms with Crippen molar-refractivity contribution < 1.29 is 5.11 Å². The van der Waals surface area contributed by atoms with Crippen molar-refractivity contribution in [2.75, 3.05) is 20.6 Å². The van der Waals surface area contributed by atoms with Crippen LogP contribution in [0.1, 0.15) is 50.8 Å². The molecule has 2 rings (SSSR count). The Morgan fingerprint density at radius 3 is 2.65 bits per heavy atom. The molecule has 0 aromatic carbocycles. The highest BCUT2D eigenvalue weighted by molar-refractivity contribution is 9.10. The maximum atomic E-state index is 10.9. The van der Waals surface area contributed by atoms with Gasteiger partial charge in [0.05, 0.1) is 22.9 Å². The number of aliphatic hydroxyl groups excluding tert-OH is 1. The number of nitrogens with zero attached hydrogens (tertiary/aromatic N) is 3. The maximum Gasteiger partial charge on any atom is 0.102 e. The molecule has 0 radical (unpaired) electrons. The van der Waals surface area contributed by atoms with Gasteiger partial charge in [0.25, 0.3) is 0 Å². The third-order valence-corrected chi connectivity index (χ3v) is 5.12. The summed E-state index contributed by atoms with van der Waals surface area (Å²) in [7, 11) is 4.11. The summed E-state index contributed by atoms with van der Waals surface area (Å²) >= 11 is 3.56. The van der Waals surface area contributed by atoms with E-state index in [1.807, 2.05) is 4.68 Å². The molecule has 1 unspecified atom stereocenters. The van der Waals surface area contributed by atoms with Crippen molar-refractivity contribution in [1.82, 2.24) is 14.7 Å². The monoisotopic (exact) mass is 343 g/mol. The predicted octanol–water partition coefficient (Wildman–Crippen LogP) is 3.21. The summed E-state index contributed by atoms with van der Waals surface area (Å²) in [6.07, 6.45) is 7.29. The van der Waals surface area contributed by atoms with Crippen molar-refractivity contribution in [1.29, 1.82) is 0 Å². The van der Waals surface area contributed by atoms with Gasteiger partial charge < -0.3 is 10.0 Å². The molecule has 20 heavy (non-hydrogen) atoms. The molecule has 0 spiro atoms. The van der Waals surface area contributed by atoms with Gasteiger partial charge in [-0.1, -0.05) is 26.2 Å². The summed E-state index contributed by atoms with van der Waals surface area (Å²) in [5, 5.41) is 15.3. The first kappa shape index (κ1) is 16.0. The normalized spacial score (nSPS) is 20.3. The van der Waals surface area contributed by atoms with Crippen LogP contribution in [0.5, 0.6) is 0 Å². The molecule has 0 saturated heterocycles. The first-order chi connectivity index (χ1) is 9.44. The summed E-state index contributed by atoms with van der Waals surface area (Å²) in [6.45, 7) is 3.94. The van der Waals surface area contributed by atoms with Crippen molar-refractivity contribution in [2.45, 2.75) is 51.7 Å². The van der Waals surface area contributed by atoms with E-state index in [1.165, 1.54) is 19.3 Å². The molecule has 0 bridgehead atoms. The lowest BCUT2D eigenvalue weighted by Gasteiger charge is -2.38. The van der Waals surface area contributed by atoms with Crippen LogP contribution in [0.15, 0.2) is 10.7 Å². The molecular weight excluding hydrogens is 318 g/mol. The lowest BCUT2D eigenvalue weighted by molar-refractivity contribution is 0.00143. The average Bonchev–Trinajstić information content (AvgIpc) is 2.77. The fourth-order valence-corrected chi connectivity index (χ4v) is 3.59. The van der Waals surface area contributed by atoms with Gasteiger partial charge >= 0.3 is 0 Å². The van der Waals surface area contributed by atoms with Gasteiger partial charge in [-0.2, -0.15) is 5.10 Å². The van der Waals surface area contributed by atoms with Crippen LogP contribution in [0.3, 0.4) is 0 Å². The second kappa shape index (κ2) is 6.58. The van der Waals surface area contributed by atoms with Crippen LogP contribution in [0, 0.1) is 5.41 Å². The Hall–Kier alpha value is -0.390. The highest BCUT2D eigenvalue weighted by Crippen LogP contribution is 2.46. The lowest BCUT2D eigenvalue weighted by Crippen LogP contribution is -2.31. The van der Waals surface area contributed by atoms with Gasteiger partial charge in [-0.25, -0.2) is 0 Å². The maximum absolute atomic E-state index is 10.9. The highest BCUT2D eigenvalue weighted by Gasteiger charge is 2.38. The van der Waals surface area contributed by atoms with Gasteiger partial charge in [0.1, 0.15) is 6.10 Å². The molecule has 1 saturated carbocycles. The number of aliphatic hydroxyl groups is 1. The molecule has 1 N–H and O–H groups in total. The van der Waals surface area contributed by atoms with Crippen molar-refractivity contribution in [3.63, 3.8) is 0 Å². The zero-order chi connectivity index (χ0) is 14.8. The van der Waals surface area contributed by atoms with E-state index in [0.29, 0.717) is 0 Å². The Morgan fingerprint density at radius 2 is 2.05 bits per heavy atom. The minimum atomic E-state index is -0.443. The number of likely N-dealkylation sites (N-methyl/N-ethyl adjacent to an activating group) is 1. The quantitative estimate of drug-likeness (QED) is 0.892. The summed E-state index contributed by atoms with van der Waals surface area (Å²) in [5.41, 5.74) is 0.924. The topological polar surface area (TPSA) is 41.3 Å². The van der Waals surface area contributed by atoms with Crippen LogP contribution in [0.4, 0.5) is 0 Å². The number of halogens is 1. The Morgan fingerprint density at radius 1 is 1.40 bits per heavy atom. The summed E-state index contributed by atoms with van der Waals surface area (Å²) in [6, 6.07) is 0. The molecule has 0 amide bonds. The molecular formula is C15H26BrN3O. The van der Waals surface area contributed by atoms with E-state index >= 15 is 0 Å². The van der Waals surface area contributed by atoms with Crippen molar-refractivity contribution in [3.8, 4) is 0 Å². The van der Waals surface area contributed by atoms with Crippen LogP contribution in [-0.4, -0.2) is 40.4 Å². The molecule has 0 aliphatic heterocycles. The second-order valence-electron chi connectivity index (χ2n) is 6.52. The zero-order valence-electron chi connectivity index (χ0n) is 12.8. The number of hydrogen-bond acceptors (Lipinski definition) is 3. The van der Waals surface area contributed by atoms with Gasteiger partial charge in [-0.3, -0.25) is 4.68 Å². The fourth-order valence-electron chi connectivity index (χ4n) is 3.08. The third-order valence-electron chi connectivity index (χ3n) is 4.51. The summed E-state index contributed by atoms with van der Waals surface area (Å²) in [5.74, 6) is 0. The molecule has 1 aromatic rings. The first-order valence-corrected chi connectivity index (χ1v) is 8.27. The highest BCUT2D eigenvalue weighted by atomic mass is 79.9. The molecule has 1 aliphatic carbocycles. The largest absolute Gasteiger partial charge is 0.386 e. The Bertz CT molecular complexity index is 438. The van der Waals surface area contributed by atoms with Gasteiger partial charge in [-0.05, 0) is 48.3 Å².